The molecule has 2 aromatic carbocycles. The maximum Gasteiger partial charge on any atom is 0.328 e. The summed E-state index contributed by atoms with van der Waals surface area (Å²) in [6.45, 7) is 4.05. The summed E-state index contributed by atoms with van der Waals surface area (Å²) in [6, 6.07) is 11.1. The van der Waals surface area contributed by atoms with Crippen molar-refractivity contribution in [1.29, 1.82) is 0 Å². The molecule has 136 valence electrons. The lowest BCUT2D eigenvalue weighted by Crippen LogP contribution is -1.99. The quantitative estimate of drug-likeness (QED) is 0.453. The maximum absolute atomic E-state index is 10.9. The van der Waals surface area contributed by atoms with Crippen LogP contribution in [0.1, 0.15) is 25.0 Å². The number of allylic oxidation sites excluding steroid dienone is 2. The third kappa shape index (κ3) is 5.49. The molecule has 0 unspecified atom stereocenters. The number of carboxylic acids is 1. The highest BCUT2D eigenvalue weighted by Gasteiger charge is 2.15. The molecule has 0 heterocycles. The largest absolute Gasteiger partial charge is 0.496 e. The number of aliphatic carboxylic acids is 1. The highest BCUT2D eigenvalue weighted by Crippen LogP contribution is 2.37. The van der Waals surface area contributed by atoms with Gasteiger partial charge in [-0.1, -0.05) is 27.6 Å². The van der Waals surface area contributed by atoms with Crippen molar-refractivity contribution in [2.24, 2.45) is 0 Å². The van der Waals surface area contributed by atoms with Crippen LogP contribution in [0.25, 0.3) is 6.08 Å². The van der Waals surface area contributed by atoms with E-state index in [9.17, 15) is 4.79 Å². The zero-order valence-corrected chi connectivity index (χ0v) is 16.5. The van der Waals surface area contributed by atoms with Gasteiger partial charge in [0.1, 0.15) is 17.2 Å². The van der Waals surface area contributed by atoms with Crippen molar-refractivity contribution in [2.75, 3.05) is 7.11 Å². The van der Waals surface area contributed by atoms with E-state index >= 15 is 0 Å². The van der Waals surface area contributed by atoms with Gasteiger partial charge >= 0.3 is 5.97 Å². The van der Waals surface area contributed by atoms with Crippen LogP contribution in [0.4, 0.5) is 0 Å². The van der Waals surface area contributed by atoms with E-state index < -0.39 is 5.97 Å². The lowest BCUT2D eigenvalue weighted by molar-refractivity contribution is -0.131. The second-order valence-electron chi connectivity index (χ2n) is 5.88. The van der Waals surface area contributed by atoms with Crippen LogP contribution in [0.2, 0.25) is 0 Å². The van der Waals surface area contributed by atoms with Crippen molar-refractivity contribution < 1.29 is 19.4 Å². The van der Waals surface area contributed by atoms with Crippen LogP contribution in [-0.4, -0.2) is 18.2 Å². The number of ether oxygens (including phenoxy) is 2. The predicted octanol–water partition coefficient (Wildman–Crippen LogP) is 5.86. The first kappa shape index (κ1) is 19.8. The smallest absolute Gasteiger partial charge is 0.328 e. The van der Waals surface area contributed by atoms with Gasteiger partial charge in [0, 0.05) is 21.7 Å². The van der Waals surface area contributed by atoms with Gasteiger partial charge < -0.3 is 14.6 Å². The standard InChI is InChI=1S/C21H21BrO4/c1-14(2)4-11-18-19(25-3)12-5-15(6-13-20(23)24)21(18)26-17-9-7-16(22)8-10-17/h4-10,12-13H,11H2,1-3H3,(H,23,24)/b13-6+. The van der Waals surface area contributed by atoms with Crippen molar-refractivity contribution >= 4 is 28.0 Å². The molecule has 0 aromatic heterocycles. The van der Waals surface area contributed by atoms with E-state index in [0.717, 1.165) is 16.1 Å². The van der Waals surface area contributed by atoms with Crippen LogP contribution in [0.15, 0.2) is 58.6 Å². The van der Waals surface area contributed by atoms with E-state index in [-0.39, 0.29) is 0 Å². The third-order valence-electron chi connectivity index (χ3n) is 3.62. The molecule has 0 saturated carbocycles. The van der Waals surface area contributed by atoms with Gasteiger partial charge in [0.15, 0.2) is 0 Å². The van der Waals surface area contributed by atoms with Crippen LogP contribution in [-0.2, 0) is 11.2 Å². The molecule has 2 aromatic rings. The first-order valence-electron chi connectivity index (χ1n) is 8.08. The minimum atomic E-state index is -1.01. The lowest BCUT2D eigenvalue weighted by atomic mass is 10.0. The highest BCUT2D eigenvalue weighted by atomic mass is 79.9. The van der Waals surface area contributed by atoms with Crippen molar-refractivity contribution in [3.8, 4) is 17.2 Å². The maximum atomic E-state index is 10.9. The van der Waals surface area contributed by atoms with E-state index in [2.05, 4.69) is 22.0 Å². The topological polar surface area (TPSA) is 55.8 Å². The van der Waals surface area contributed by atoms with Crippen molar-refractivity contribution in [1.82, 2.24) is 0 Å². The monoisotopic (exact) mass is 416 g/mol. The molecule has 1 N–H and O–H groups in total. The van der Waals surface area contributed by atoms with Crippen LogP contribution in [0.5, 0.6) is 17.2 Å². The van der Waals surface area contributed by atoms with Crippen LogP contribution >= 0.6 is 15.9 Å². The molecular formula is C21H21BrO4. The average Bonchev–Trinajstić information content (AvgIpc) is 2.60. The number of benzene rings is 2. The molecule has 0 aliphatic heterocycles. The number of rotatable bonds is 7. The molecule has 0 amide bonds. The van der Waals surface area contributed by atoms with E-state index in [4.69, 9.17) is 14.6 Å². The molecule has 0 fully saturated rings. The van der Waals surface area contributed by atoms with Crippen molar-refractivity contribution in [3.05, 3.63) is 69.7 Å². The Hall–Kier alpha value is -2.53. The number of methoxy groups -OCH3 is 1. The molecule has 0 bridgehead atoms. The minimum absolute atomic E-state index is 0.585. The number of hydrogen-bond donors (Lipinski definition) is 1. The molecule has 4 nitrogen and oxygen atoms in total. The Morgan fingerprint density at radius 3 is 2.42 bits per heavy atom. The Morgan fingerprint density at radius 1 is 1.15 bits per heavy atom. The van der Waals surface area contributed by atoms with E-state index in [1.807, 2.05) is 44.2 Å². The van der Waals surface area contributed by atoms with E-state index in [1.54, 1.807) is 13.2 Å². The lowest BCUT2D eigenvalue weighted by Gasteiger charge is -2.17. The second-order valence-corrected chi connectivity index (χ2v) is 6.79. The number of halogens is 1. The molecule has 0 saturated heterocycles. The summed E-state index contributed by atoms with van der Waals surface area (Å²) in [5, 5.41) is 8.97. The van der Waals surface area contributed by atoms with Gasteiger partial charge in [-0.3, -0.25) is 0 Å². The Morgan fingerprint density at radius 2 is 1.85 bits per heavy atom. The number of hydrogen-bond acceptors (Lipinski definition) is 3. The molecule has 0 aliphatic rings. The Kier molecular flexibility index (Phi) is 7.04. The van der Waals surface area contributed by atoms with Gasteiger partial charge in [0.2, 0.25) is 0 Å². The summed E-state index contributed by atoms with van der Waals surface area (Å²) < 4.78 is 12.6. The van der Waals surface area contributed by atoms with Gasteiger partial charge in [0.05, 0.1) is 7.11 Å². The zero-order valence-electron chi connectivity index (χ0n) is 15.0. The molecule has 26 heavy (non-hydrogen) atoms. The zero-order chi connectivity index (χ0) is 19.1. The molecular weight excluding hydrogens is 396 g/mol. The normalized spacial score (nSPS) is 10.6. The fourth-order valence-electron chi connectivity index (χ4n) is 2.35. The average molecular weight is 417 g/mol. The van der Waals surface area contributed by atoms with E-state index in [0.29, 0.717) is 29.2 Å². The Balaban J connectivity index is 2.57. The van der Waals surface area contributed by atoms with Gasteiger partial charge in [-0.15, -0.1) is 0 Å². The third-order valence-corrected chi connectivity index (χ3v) is 4.15. The second kappa shape index (κ2) is 9.25. The summed E-state index contributed by atoms with van der Waals surface area (Å²) >= 11 is 3.40. The first-order chi connectivity index (χ1) is 12.4. The summed E-state index contributed by atoms with van der Waals surface area (Å²) in [4.78, 5) is 10.9. The summed E-state index contributed by atoms with van der Waals surface area (Å²) in [5.41, 5.74) is 2.71. The van der Waals surface area contributed by atoms with Crippen molar-refractivity contribution in [3.63, 3.8) is 0 Å². The molecule has 0 radical (unpaired) electrons. The van der Waals surface area contributed by atoms with Crippen LogP contribution < -0.4 is 9.47 Å². The summed E-state index contributed by atoms with van der Waals surface area (Å²) in [7, 11) is 1.61. The van der Waals surface area contributed by atoms with Crippen LogP contribution in [0.3, 0.4) is 0 Å². The molecule has 2 rings (SSSR count). The van der Waals surface area contributed by atoms with Gasteiger partial charge in [0.25, 0.3) is 0 Å². The molecule has 0 spiro atoms. The van der Waals surface area contributed by atoms with Gasteiger partial charge in [-0.25, -0.2) is 4.79 Å². The number of carboxylic acid groups (broad SMARTS) is 1. The van der Waals surface area contributed by atoms with Gasteiger partial charge in [-0.2, -0.15) is 0 Å². The fraction of sp³-hybridized carbons (Fsp3) is 0.190. The SMILES string of the molecule is COc1ccc(/C=C/C(=O)O)c(Oc2ccc(Br)cc2)c1CC=C(C)C. The van der Waals surface area contributed by atoms with E-state index in [1.165, 1.54) is 11.6 Å². The Labute approximate surface area is 161 Å². The molecule has 0 aliphatic carbocycles. The summed E-state index contributed by atoms with van der Waals surface area (Å²) in [6.07, 6.45) is 5.33. The molecule has 5 heteroatoms. The fourth-order valence-corrected chi connectivity index (χ4v) is 2.62. The van der Waals surface area contributed by atoms with Gasteiger partial charge in [-0.05, 0) is 62.7 Å². The predicted molar refractivity (Wildman–Crippen MR) is 107 cm³/mol. The highest BCUT2D eigenvalue weighted by molar-refractivity contribution is 9.10. The van der Waals surface area contributed by atoms with Crippen molar-refractivity contribution in [2.45, 2.75) is 20.3 Å². The Bertz CT molecular complexity index is 832. The minimum Gasteiger partial charge on any atom is -0.496 e. The van der Waals surface area contributed by atoms with Crippen LogP contribution in [0, 0.1) is 0 Å². The molecule has 0 atom stereocenters. The number of carbonyl (C=O) groups is 1. The summed E-state index contributed by atoms with van der Waals surface area (Å²) in [5.74, 6) is 0.926. The first-order valence-corrected chi connectivity index (χ1v) is 8.87.